The first-order valence-electron chi connectivity index (χ1n) is 5.51. The lowest BCUT2D eigenvalue weighted by Gasteiger charge is -2.21. The van der Waals surface area contributed by atoms with Crippen molar-refractivity contribution in [2.45, 2.75) is 37.5 Å². The van der Waals surface area contributed by atoms with Gasteiger partial charge in [0, 0.05) is 19.0 Å². The molecule has 2 atom stereocenters. The van der Waals surface area contributed by atoms with Crippen LogP contribution in [0.5, 0.6) is 0 Å². The molecule has 2 aliphatic rings. The summed E-state index contributed by atoms with van der Waals surface area (Å²) in [5, 5.41) is 21.3. The van der Waals surface area contributed by atoms with Crippen molar-refractivity contribution in [3.8, 4) is 0 Å². The number of carbonyl (C=O) groups is 2. The third-order valence-corrected chi connectivity index (χ3v) is 3.00. The molecule has 2 fully saturated rings. The van der Waals surface area contributed by atoms with E-state index in [0.717, 1.165) is 12.8 Å². The van der Waals surface area contributed by atoms with Crippen molar-refractivity contribution in [3.63, 3.8) is 0 Å². The molecule has 0 aromatic rings. The molecular weight excluding hydrogens is 212 g/mol. The zero-order valence-electron chi connectivity index (χ0n) is 8.93. The van der Waals surface area contributed by atoms with Crippen molar-refractivity contribution < 1.29 is 19.8 Å². The Hall–Kier alpha value is -1.14. The number of carboxylic acids is 1. The largest absolute Gasteiger partial charge is 0.480 e. The first kappa shape index (κ1) is 11.3. The van der Waals surface area contributed by atoms with Crippen LogP contribution in [0.3, 0.4) is 0 Å². The number of aliphatic hydroxyl groups excluding tert-OH is 1. The lowest BCUT2D eigenvalue weighted by atomic mass is 10.2. The van der Waals surface area contributed by atoms with E-state index >= 15 is 0 Å². The number of nitrogens with zero attached hydrogens (tertiary/aromatic N) is 1. The molecular formula is C10H16N2O4. The lowest BCUT2D eigenvalue weighted by molar-refractivity contribution is -0.147. The maximum absolute atomic E-state index is 11.7. The van der Waals surface area contributed by atoms with Gasteiger partial charge in [-0.05, 0) is 12.8 Å². The summed E-state index contributed by atoms with van der Waals surface area (Å²) >= 11 is 0. The minimum atomic E-state index is -1.05. The molecule has 1 aliphatic carbocycles. The van der Waals surface area contributed by atoms with Crippen LogP contribution in [0.2, 0.25) is 0 Å². The van der Waals surface area contributed by atoms with E-state index in [4.69, 9.17) is 5.11 Å². The monoisotopic (exact) mass is 228 g/mol. The van der Waals surface area contributed by atoms with Gasteiger partial charge in [-0.25, -0.2) is 4.79 Å². The molecule has 0 aromatic heterocycles. The molecule has 0 radical (unpaired) electrons. The van der Waals surface area contributed by atoms with Crippen LogP contribution in [0.1, 0.15) is 19.3 Å². The van der Waals surface area contributed by atoms with Gasteiger partial charge in [0.2, 0.25) is 5.91 Å². The number of carboxylic acid groups (broad SMARTS) is 1. The molecule has 0 aromatic carbocycles. The highest BCUT2D eigenvalue weighted by Crippen LogP contribution is 2.20. The topological polar surface area (TPSA) is 89.9 Å². The maximum atomic E-state index is 11.7. The van der Waals surface area contributed by atoms with Crippen molar-refractivity contribution in [3.05, 3.63) is 0 Å². The lowest BCUT2D eigenvalue weighted by Crippen LogP contribution is -2.45. The number of carbonyl (C=O) groups excluding carboxylic acids is 1. The predicted octanol–water partition coefficient (Wildman–Crippen LogP) is -1.22. The fourth-order valence-corrected chi connectivity index (χ4v) is 1.94. The SMILES string of the molecule is O=C(O)[C@@H]1C[C@H](O)CN1C(=O)CNC1CC1. The number of nitrogens with one attached hydrogen (secondary N) is 1. The minimum absolute atomic E-state index is 0.127. The summed E-state index contributed by atoms with van der Waals surface area (Å²) in [5.41, 5.74) is 0. The Labute approximate surface area is 93.2 Å². The zero-order valence-corrected chi connectivity index (χ0v) is 8.93. The maximum Gasteiger partial charge on any atom is 0.326 e. The van der Waals surface area contributed by atoms with Crippen molar-refractivity contribution in [1.29, 1.82) is 0 Å². The van der Waals surface area contributed by atoms with Gasteiger partial charge >= 0.3 is 5.97 Å². The Morgan fingerprint density at radius 3 is 2.62 bits per heavy atom. The summed E-state index contributed by atoms with van der Waals surface area (Å²) in [6.45, 7) is 0.295. The number of aliphatic hydroxyl groups is 1. The summed E-state index contributed by atoms with van der Waals surface area (Å²) in [7, 11) is 0. The molecule has 1 saturated carbocycles. The van der Waals surface area contributed by atoms with Crippen LogP contribution in [-0.4, -0.2) is 58.3 Å². The highest BCUT2D eigenvalue weighted by atomic mass is 16.4. The third kappa shape index (κ3) is 2.51. The highest BCUT2D eigenvalue weighted by Gasteiger charge is 2.38. The molecule has 6 heteroatoms. The van der Waals surface area contributed by atoms with E-state index in [2.05, 4.69) is 5.32 Å². The Morgan fingerprint density at radius 2 is 2.06 bits per heavy atom. The molecule has 1 amide bonds. The number of hydrogen-bond donors (Lipinski definition) is 3. The van der Waals surface area contributed by atoms with Crippen LogP contribution in [0, 0.1) is 0 Å². The van der Waals surface area contributed by atoms with E-state index in [1.165, 1.54) is 4.90 Å². The second kappa shape index (κ2) is 4.39. The normalized spacial score (nSPS) is 29.4. The van der Waals surface area contributed by atoms with Crippen LogP contribution >= 0.6 is 0 Å². The fourth-order valence-electron chi connectivity index (χ4n) is 1.94. The van der Waals surface area contributed by atoms with E-state index in [1.807, 2.05) is 0 Å². The molecule has 0 unspecified atom stereocenters. The first-order chi connectivity index (χ1) is 7.58. The van der Waals surface area contributed by atoms with Crippen LogP contribution in [0.15, 0.2) is 0 Å². The van der Waals surface area contributed by atoms with Gasteiger partial charge in [-0.2, -0.15) is 0 Å². The van der Waals surface area contributed by atoms with E-state index in [-0.39, 0.29) is 25.4 Å². The second-order valence-electron chi connectivity index (χ2n) is 4.44. The molecule has 6 nitrogen and oxygen atoms in total. The van der Waals surface area contributed by atoms with Gasteiger partial charge in [-0.3, -0.25) is 4.79 Å². The van der Waals surface area contributed by atoms with E-state index in [1.54, 1.807) is 0 Å². The van der Waals surface area contributed by atoms with Crippen molar-refractivity contribution in [2.75, 3.05) is 13.1 Å². The molecule has 90 valence electrons. The molecule has 3 N–H and O–H groups in total. The Kier molecular flexibility index (Phi) is 3.11. The Balaban J connectivity index is 1.89. The molecule has 1 aliphatic heterocycles. The fraction of sp³-hybridized carbons (Fsp3) is 0.800. The zero-order chi connectivity index (χ0) is 11.7. The van der Waals surface area contributed by atoms with Crippen molar-refractivity contribution in [2.24, 2.45) is 0 Å². The average Bonchev–Trinajstić information content (AvgIpc) is 2.96. The van der Waals surface area contributed by atoms with Crippen LogP contribution in [-0.2, 0) is 9.59 Å². The second-order valence-corrected chi connectivity index (χ2v) is 4.44. The molecule has 0 bridgehead atoms. The van der Waals surface area contributed by atoms with Gasteiger partial charge in [0.25, 0.3) is 0 Å². The van der Waals surface area contributed by atoms with Gasteiger partial charge in [0.15, 0.2) is 0 Å². The number of rotatable bonds is 4. The smallest absolute Gasteiger partial charge is 0.326 e. The quantitative estimate of drug-likeness (QED) is 0.561. The molecule has 16 heavy (non-hydrogen) atoms. The number of aliphatic carboxylic acids is 1. The molecule has 1 saturated heterocycles. The molecule has 2 rings (SSSR count). The number of likely N-dealkylation sites (tertiary alicyclic amines) is 1. The van der Waals surface area contributed by atoms with Gasteiger partial charge in [0.05, 0.1) is 12.6 Å². The van der Waals surface area contributed by atoms with Gasteiger partial charge < -0.3 is 20.4 Å². The Bertz CT molecular complexity index is 303. The van der Waals surface area contributed by atoms with E-state index in [0.29, 0.717) is 6.04 Å². The van der Waals surface area contributed by atoms with E-state index < -0.39 is 18.1 Å². The van der Waals surface area contributed by atoms with Gasteiger partial charge in [-0.15, -0.1) is 0 Å². The third-order valence-electron chi connectivity index (χ3n) is 3.00. The summed E-state index contributed by atoms with van der Waals surface area (Å²) < 4.78 is 0. The molecule has 0 spiro atoms. The van der Waals surface area contributed by atoms with Crippen LogP contribution < -0.4 is 5.32 Å². The standard InChI is InChI=1S/C10H16N2O4/c13-7-3-8(10(15)16)12(5-7)9(14)4-11-6-1-2-6/h6-8,11,13H,1-5H2,(H,15,16)/t7-,8-/m0/s1. The molecule has 1 heterocycles. The number of hydrogen-bond acceptors (Lipinski definition) is 4. The minimum Gasteiger partial charge on any atom is -0.480 e. The summed E-state index contributed by atoms with van der Waals surface area (Å²) in [6, 6.07) is -0.455. The summed E-state index contributed by atoms with van der Waals surface area (Å²) in [6.07, 6.45) is 1.58. The van der Waals surface area contributed by atoms with Crippen molar-refractivity contribution >= 4 is 11.9 Å². The van der Waals surface area contributed by atoms with E-state index in [9.17, 15) is 14.7 Å². The van der Waals surface area contributed by atoms with Crippen molar-refractivity contribution in [1.82, 2.24) is 10.2 Å². The summed E-state index contributed by atoms with van der Waals surface area (Å²) in [4.78, 5) is 23.9. The Morgan fingerprint density at radius 1 is 1.38 bits per heavy atom. The van der Waals surface area contributed by atoms with Gasteiger partial charge in [0.1, 0.15) is 6.04 Å². The number of β-amino-alcohol motifs (C(OH)–C–C–N with tert-alkyl or cyclic N) is 1. The average molecular weight is 228 g/mol. The predicted molar refractivity (Wildman–Crippen MR) is 54.8 cm³/mol. The highest BCUT2D eigenvalue weighted by molar-refractivity contribution is 5.85. The first-order valence-corrected chi connectivity index (χ1v) is 5.51. The van der Waals surface area contributed by atoms with Gasteiger partial charge in [-0.1, -0.05) is 0 Å². The number of amides is 1. The van der Waals surface area contributed by atoms with Crippen LogP contribution in [0.4, 0.5) is 0 Å². The van der Waals surface area contributed by atoms with Crippen LogP contribution in [0.25, 0.3) is 0 Å². The summed E-state index contributed by atoms with van der Waals surface area (Å²) in [5.74, 6) is -1.29.